The number of benzene rings is 4. The highest BCUT2D eigenvalue weighted by Crippen LogP contribution is 2.46. The SMILES string of the molecule is C(=C1c2ccccc2Sc2ccccc21)c1ccccc1-c1ccccc1. The second-order valence-electron chi connectivity index (χ2n) is 6.61. The number of rotatable bonds is 2. The maximum Gasteiger partial charge on any atom is 0.0201 e. The second-order valence-corrected chi connectivity index (χ2v) is 7.69. The average Bonchev–Trinajstić information content (AvgIpc) is 2.74. The molecule has 0 unspecified atom stereocenters. The van der Waals surface area contributed by atoms with E-state index in [9.17, 15) is 0 Å². The first-order valence-electron chi connectivity index (χ1n) is 9.13. The Morgan fingerprint density at radius 2 is 1.00 bits per heavy atom. The van der Waals surface area contributed by atoms with E-state index >= 15 is 0 Å². The molecule has 1 heteroatoms. The van der Waals surface area contributed by atoms with E-state index in [1.165, 1.54) is 43.2 Å². The van der Waals surface area contributed by atoms with Crippen molar-refractivity contribution < 1.29 is 0 Å². The lowest BCUT2D eigenvalue weighted by Crippen LogP contribution is -1.99. The zero-order chi connectivity index (χ0) is 18.1. The van der Waals surface area contributed by atoms with Gasteiger partial charge in [0.15, 0.2) is 0 Å². The summed E-state index contributed by atoms with van der Waals surface area (Å²) in [5.74, 6) is 0. The summed E-state index contributed by atoms with van der Waals surface area (Å²) < 4.78 is 0. The van der Waals surface area contributed by atoms with Crippen LogP contribution in [0.5, 0.6) is 0 Å². The largest absolute Gasteiger partial charge is 0.0888 e. The maximum absolute atomic E-state index is 2.35. The molecule has 128 valence electrons. The first-order chi connectivity index (χ1) is 13.4. The van der Waals surface area contributed by atoms with Crippen molar-refractivity contribution in [3.63, 3.8) is 0 Å². The molecule has 5 rings (SSSR count). The molecule has 0 fully saturated rings. The first-order valence-corrected chi connectivity index (χ1v) is 9.94. The fraction of sp³-hybridized carbons (Fsp3) is 0. The highest BCUT2D eigenvalue weighted by molar-refractivity contribution is 7.99. The van der Waals surface area contributed by atoms with Crippen molar-refractivity contribution >= 4 is 23.4 Å². The molecule has 0 bridgehead atoms. The summed E-state index contributed by atoms with van der Waals surface area (Å²) in [5, 5.41) is 0. The van der Waals surface area contributed by atoms with E-state index in [4.69, 9.17) is 0 Å². The zero-order valence-electron chi connectivity index (χ0n) is 14.8. The van der Waals surface area contributed by atoms with Crippen molar-refractivity contribution in [3.05, 3.63) is 120 Å². The van der Waals surface area contributed by atoms with Gasteiger partial charge in [0.05, 0.1) is 0 Å². The first kappa shape index (κ1) is 16.2. The Morgan fingerprint density at radius 3 is 1.67 bits per heavy atom. The van der Waals surface area contributed by atoms with Gasteiger partial charge >= 0.3 is 0 Å². The Bertz CT molecular complexity index is 1090. The summed E-state index contributed by atoms with van der Waals surface area (Å²) >= 11 is 1.86. The maximum atomic E-state index is 2.35. The minimum absolute atomic E-state index is 1.25. The highest BCUT2D eigenvalue weighted by Gasteiger charge is 2.20. The summed E-state index contributed by atoms with van der Waals surface area (Å²) in [7, 11) is 0. The van der Waals surface area contributed by atoms with Crippen LogP contribution in [0.4, 0.5) is 0 Å². The minimum Gasteiger partial charge on any atom is -0.0888 e. The smallest absolute Gasteiger partial charge is 0.0201 e. The van der Waals surface area contributed by atoms with Crippen LogP contribution in [0.3, 0.4) is 0 Å². The van der Waals surface area contributed by atoms with E-state index in [-0.39, 0.29) is 0 Å². The van der Waals surface area contributed by atoms with Crippen LogP contribution in [0, 0.1) is 0 Å². The predicted octanol–water partition coefficient (Wildman–Crippen LogP) is 7.41. The molecule has 0 spiro atoms. The molecular weight excluding hydrogens is 344 g/mol. The van der Waals surface area contributed by atoms with Gasteiger partial charge in [0.2, 0.25) is 0 Å². The third kappa shape index (κ3) is 3.01. The number of fused-ring (bicyclic) bond motifs is 2. The molecule has 0 atom stereocenters. The fourth-order valence-electron chi connectivity index (χ4n) is 3.63. The van der Waals surface area contributed by atoms with Crippen LogP contribution in [0.15, 0.2) is 113 Å². The predicted molar refractivity (Wildman–Crippen MR) is 116 cm³/mol. The minimum atomic E-state index is 1.25. The Balaban J connectivity index is 1.74. The summed E-state index contributed by atoms with van der Waals surface area (Å²) in [5.41, 5.74) is 7.67. The Hall–Kier alpha value is -3.03. The fourth-order valence-corrected chi connectivity index (χ4v) is 4.74. The topological polar surface area (TPSA) is 0 Å². The molecule has 0 nitrogen and oxygen atoms in total. The zero-order valence-corrected chi connectivity index (χ0v) is 15.6. The lowest BCUT2D eigenvalue weighted by Gasteiger charge is -2.22. The van der Waals surface area contributed by atoms with Gasteiger partial charge in [0.1, 0.15) is 0 Å². The summed E-state index contributed by atoms with van der Waals surface area (Å²) in [4.78, 5) is 2.64. The van der Waals surface area contributed by atoms with E-state index in [1.54, 1.807) is 0 Å². The van der Waals surface area contributed by atoms with Gasteiger partial charge < -0.3 is 0 Å². The van der Waals surface area contributed by atoms with Crippen molar-refractivity contribution in [1.29, 1.82) is 0 Å². The molecule has 0 aliphatic carbocycles. The molecule has 0 N–H and O–H groups in total. The Labute approximate surface area is 164 Å². The molecule has 0 saturated carbocycles. The molecule has 4 aromatic carbocycles. The van der Waals surface area contributed by atoms with Crippen molar-refractivity contribution in [2.45, 2.75) is 9.79 Å². The average molecular weight is 362 g/mol. The van der Waals surface area contributed by atoms with E-state index < -0.39 is 0 Å². The summed E-state index contributed by atoms with van der Waals surface area (Å²) in [6, 6.07) is 36.7. The molecule has 1 aliphatic heterocycles. The Kier molecular flexibility index (Phi) is 4.16. The molecule has 1 heterocycles. The molecule has 0 amide bonds. The monoisotopic (exact) mass is 362 g/mol. The summed E-state index contributed by atoms with van der Waals surface area (Å²) in [6.07, 6.45) is 2.35. The van der Waals surface area contributed by atoms with Crippen LogP contribution < -0.4 is 0 Å². The van der Waals surface area contributed by atoms with Crippen molar-refractivity contribution in [2.75, 3.05) is 0 Å². The van der Waals surface area contributed by atoms with E-state index in [0.717, 1.165) is 0 Å². The van der Waals surface area contributed by atoms with Gasteiger partial charge in [-0.15, -0.1) is 0 Å². The number of hydrogen-bond acceptors (Lipinski definition) is 1. The van der Waals surface area contributed by atoms with Crippen molar-refractivity contribution in [3.8, 4) is 11.1 Å². The van der Waals surface area contributed by atoms with E-state index in [2.05, 4.69) is 109 Å². The lowest BCUT2D eigenvalue weighted by atomic mass is 9.92. The summed E-state index contributed by atoms with van der Waals surface area (Å²) in [6.45, 7) is 0. The van der Waals surface area contributed by atoms with E-state index in [0.29, 0.717) is 0 Å². The normalized spacial score (nSPS) is 12.2. The van der Waals surface area contributed by atoms with Gasteiger partial charge in [-0.05, 0) is 51.6 Å². The van der Waals surface area contributed by atoms with Gasteiger partial charge in [-0.25, -0.2) is 0 Å². The molecule has 1 aliphatic rings. The molecule has 0 aromatic heterocycles. The molecule has 27 heavy (non-hydrogen) atoms. The molecule has 0 saturated heterocycles. The molecule has 0 radical (unpaired) electrons. The van der Waals surface area contributed by atoms with Gasteiger partial charge in [0.25, 0.3) is 0 Å². The standard InChI is InChI=1S/C26H18S/c1-2-10-19(11-3-1)21-13-5-4-12-20(21)18-24-22-14-6-8-16-25(22)27-26-17-9-7-15-23(24)26/h1-18H. The molecule has 4 aromatic rings. The van der Waals surface area contributed by atoms with E-state index in [1.807, 2.05) is 11.8 Å². The van der Waals surface area contributed by atoms with Gasteiger partial charge in [-0.1, -0.05) is 103 Å². The lowest BCUT2D eigenvalue weighted by molar-refractivity contribution is 1.29. The van der Waals surface area contributed by atoms with Crippen LogP contribution in [-0.4, -0.2) is 0 Å². The van der Waals surface area contributed by atoms with Crippen LogP contribution in [0.1, 0.15) is 16.7 Å². The van der Waals surface area contributed by atoms with Crippen LogP contribution >= 0.6 is 11.8 Å². The Morgan fingerprint density at radius 1 is 0.481 bits per heavy atom. The van der Waals surface area contributed by atoms with Crippen LogP contribution in [-0.2, 0) is 0 Å². The second kappa shape index (κ2) is 6.94. The van der Waals surface area contributed by atoms with Crippen molar-refractivity contribution in [2.24, 2.45) is 0 Å². The highest BCUT2D eigenvalue weighted by atomic mass is 32.2. The third-order valence-electron chi connectivity index (χ3n) is 4.92. The number of hydrogen-bond donors (Lipinski definition) is 0. The van der Waals surface area contributed by atoms with Crippen molar-refractivity contribution in [1.82, 2.24) is 0 Å². The van der Waals surface area contributed by atoms with Crippen LogP contribution in [0.2, 0.25) is 0 Å². The van der Waals surface area contributed by atoms with Gasteiger partial charge in [-0.2, -0.15) is 0 Å². The molecular formula is C26H18S. The van der Waals surface area contributed by atoms with Gasteiger partial charge in [0, 0.05) is 9.79 Å². The van der Waals surface area contributed by atoms with Crippen LogP contribution in [0.25, 0.3) is 22.8 Å². The third-order valence-corrected chi connectivity index (χ3v) is 6.07. The quantitative estimate of drug-likeness (QED) is 0.315. The van der Waals surface area contributed by atoms with Gasteiger partial charge in [-0.3, -0.25) is 0 Å².